The Bertz CT molecular complexity index is 1110. The highest BCUT2D eigenvalue weighted by atomic mass is 32.1. The van der Waals surface area contributed by atoms with E-state index in [9.17, 15) is 9.59 Å². The molecule has 0 atom stereocenters. The number of hydrogen-bond acceptors (Lipinski definition) is 5. The molecule has 1 fully saturated rings. The first-order valence-corrected chi connectivity index (χ1v) is 8.55. The summed E-state index contributed by atoms with van der Waals surface area (Å²) in [4.78, 5) is 23.5. The molecule has 7 nitrogen and oxygen atoms in total. The summed E-state index contributed by atoms with van der Waals surface area (Å²) >= 11 is 4.97. The van der Waals surface area contributed by atoms with Gasteiger partial charge in [-0.05, 0) is 36.5 Å². The Morgan fingerprint density at radius 2 is 2.07 bits per heavy atom. The third-order valence-corrected chi connectivity index (χ3v) is 4.42. The van der Waals surface area contributed by atoms with Crippen LogP contribution in [0.1, 0.15) is 21.9 Å². The summed E-state index contributed by atoms with van der Waals surface area (Å²) in [6.45, 7) is 0.429. The molecule has 2 aromatic heterocycles. The van der Waals surface area contributed by atoms with Gasteiger partial charge in [-0.3, -0.25) is 10.1 Å². The van der Waals surface area contributed by atoms with Crippen molar-refractivity contribution in [3.05, 3.63) is 65.4 Å². The fraction of sp³-hybridized carbons (Fsp3) is 0.105. The van der Waals surface area contributed by atoms with Crippen molar-refractivity contribution < 1.29 is 18.7 Å². The van der Waals surface area contributed by atoms with Gasteiger partial charge < -0.3 is 19.0 Å². The van der Waals surface area contributed by atoms with Gasteiger partial charge in [0, 0.05) is 22.7 Å². The summed E-state index contributed by atoms with van der Waals surface area (Å²) in [5.74, 6) is 0.00354. The fourth-order valence-electron chi connectivity index (χ4n) is 3.00. The standard InChI is InChI=1S/C19H15N3O4S/c1-25-18(24)16-7-6-12(26-16)10-22-9-11(13-4-2-3-5-15(13)22)8-14-17(23)21-19(27)20-14/h2-9H,10H2,1H3,(H2,20,21,23,27)/b14-8+. The maximum absolute atomic E-state index is 11.9. The molecule has 2 N–H and O–H groups in total. The smallest absolute Gasteiger partial charge is 0.373 e. The van der Waals surface area contributed by atoms with Crippen LogP contribution in [0.5, 0.6) is 0 Å². The minimum absolute atomic E-state index is 0.159. The Morgan fingerprint density at radius 3 is 2.81 bits per heavy atom. The molecule has 4 rings (SSSR count). The number of carbonyl (C=O) groups is 2. The quantitative estimate of drug-likeness (QED) is 0.410. The molecule has 3 aromatic rings. The molecule has 1 amide bonds. The Labute approximate surface area is 159 Å². The minimum Gasteiger partial charge on any atom is -0.463 e. The number of furan rings is 1. The van der Waals surface area contributed by atoms with Crippen LogP contribution in [0.3, 0.4) is 0 Å². The van der Waals surface area contributed by atoms with Crippen LogP contribution in [-0.2, 0) is 16.1 Å². The van der Waals surface area contributed by atoms with Crippen LogP contribution in [0.2, 0.25) is 0 Å². The summed E-state index contributed by atoms with van der Waals surface area (Å²) in [6.07, 6.45) is 3.68. The average Bonchev–Trinajstić information content (AvgIpc) is 3.34. The van der Waals surface area contributed by atoms with Crippen molar-refractivity contribution in [3.8, 4) is 0 Å². The molecule has 1 saturated heterocycles. The zero-order chi connectivity index (χ0) is 19.0. The number of thiocarbonyl (C=S) groups is 1. The Morgan fingerprint density at radius 1 is 1.26 bits per heavy atom. The Hall–Kier alpha value is -3.39. The van der Waals surface area contributed by atoms with Gasteiger partial charge in [0.2, 0.25) is 5.76 Å². The molecule has 27 heavy (non-hydrogen) atoms. The number of nitrogens with zero attached hydrogens (tertiary/aromatic N) is 1. The number of rotatable bonds is 4. The number of ether oxygens (including phenoxy) is 1. The molecule has 0 radical (unpaired) electrons. The van der Waals surface area contributed by atoms with Gasteiger partial charge in [-0.1, -0.05) is 18.2 Å². The van der Waals surface area contributed by atoms with E-state index < -0.39 is 5.97 Å². The number of fused-ring (bicyclic) bond motifs is 1. The average molecular weight is 381 g/mol. The SMILES string of the molecule is COC(=O)c1ccc(Cn2cc(/C=C3/NC(=S)NC3=O)c3ccccc32)o1. The first kappa shape index (κ1) is 17.0. The van der Waals surface area contributed by atoms with Crippen LogP contribution < -0.4 is 10.6 Å². The molecule has 0 aliphatic carbocycles. The number of esters is 1. The lowest BCUT2D eigenvalue weighted by atomic mass is 10.1. The fourth-order valence-corrected chi connectivity index (χ4v) is 3.20. The Kier molecular flexibility index (Phi) is 4.25. The monoisotopic (exact) mass is 381 g/mol. The first-order chi connectivity index (χ1) is 13.0. The number of amides is 1. The lowest BCUT2D eigenvalue weighted by Gasteiger charge is -2.02. The van der Waals surface area contributed by atoms with Crippen molar-refractivity contribution in [1.29, 1.82) is 0 Å². The van der Waals surface area contributed by atoms with Crippen molar-refractivity contribution >= 4 is 46.2 Å². The van der Waals surface area contributed by atoms with Gasteiger partial charge in [0.05, 0.1) is 13.7 Å². The largest absolute Gasteiger partial charge is 0.463 e. The molecule has 0 saturated carbocycles. The van der Waals surface area contributed by atoms with Crippen LogP contribution in [0.4, 0.5) is 0 Å². The lowest BCUT2D eigenvalue weighted by Crippen LogP contribution is -2.21. The van der Waals surface area contributed by atoms with Crippen LogP contribution in [0.25, 0.3) is 17.0 Å². The second-order valence-corrected chi connectivity index (χ2v) is 6.36. The van der Waals surface area contributed by atoms with Gasteiger partial charge in [0.1, 0.15) is 11.5 Å². The summed E-state index contributed by atoms with van der Waals surface area (Å²) in [7, 11) is 1.31. The van der Waals surface area contributed by atoms with Crippen molar-refractivity contribution in [3.63, 3.8) is 0 Å². The van der Waals surface area contributed by atoms with Crippen molar-refractivity contribution in [2.45, 2.75) is 6.54 Å². The summed E-state index contributed by atoms with van der Waals surface area (Å²) in [5, 5.41) is 6.67. The van der Waals surface area contributed by atoms with Crippen LogP contribution in [0, 0.1) is 0 Å². The molecule has 0 spiro atoms. The van der Waals surface area contributed by atoms with Gasteiger partial charge in [0.15, 0.2) is 5.11 Å². The first-order valence-electron chi connectivity index (χ1n) is 8.14. The summed E-state index contributed by atoms with van der Waals surface area (Å²) in [6, 6.07) is 11.2. The van der Waals surface area contributed by atoms with Gasteiger partial charge in [-0.2, -0.15) is 0 Å². The zero-order valence-corrected chi connectivity index (χ0v) is 15.1. The molecular formula is C19H15N3O4S. The maximum atomic E-state index is 11.9. The highest BCUT2D eigenvalue weighted by Crippen LogP contribution is 2.25. The molecule has 1 aliphatic rings. The van der Waals surface area contributed by atoms with Crippen LogP contribution >= 0.6 is 12.2 Å². The lowest BCUT2D eigenvalue weighted by molar-refractivity contribution is -0.115. The number of aromatic nitrogens is 1. The van der Waals surface area contributed by atoms with E-state index in [1.807, 2.05) is 35.0 Å². The molecule has 1 aromatic carbocycles. The van der Waals surface area contributed by atoms with E-state index in [4.69, 9.17) is 16.6 Å². The topological polar surface area (TPSA) is 85.5 Å². The van der Waals surface area contributed by atoms with Crippen molar-refractivity contribution in [2.75, 3.05) is 7.11 Å². The molecular weight excluding hydrogens is 366 g/mol. The van der Waals surface area contributed by atoms with E-state index >= 15 is 0 Å². The highest BCUT2D eigenvalue weighted by Gasteiger charge is 2.21. The number of methoxy groups -OCH3 is 1. The molecule has 3 heterocycles. The summed E-state index contributed by atoms with van der Waals surface area (Å²) < 4.78 is 12.2. The number of benzene rings is 1. The van der Waals surface area contributed by atoms with Crippen molar-refractivity contribution in [1.82, 2.24) is 15.2 Å². The number of nitrogens with one attached hydrogen (secondary N) is 2. The van der Waals surface area contributed by atoms with E-state index in [1.54, 1.807) is 18.2 Å². The molecule has 1 aliphatic heterocycles. The minimum atomic E-state index is -0.515. The third kappa shape index (κ3) is 3.22. The van der Waals surface area contributed by atoms with E-state index in [0.29, 0.717) is 23.1 Å². The predicted octanol–water partition coefficient (Wildman–Crippen LogP) is 2.41. The predicted molar refractivity (Wildman–Crippen MR) is 103 cm³/mol. The van der Waals surface area contributed by atoms with Crippen LogP contribution in [0.15, 0.2) is 52.7 Å². The molecule has 8 heteroatoms. The normalized spacial score (nSPS) is 15.2. The van der Waals surface area contributed by atoms with Gasteiger partial charge in [-0.15, -0.1) is 0 Å². The second-order valence-electron chi connectivity index (χ2n) is 5.95. The van der Waals surface area contributed by atoms with E-state index in [2.05, 4.69) is 15.4 Å². The van der Waals surface area contributed by atoms with E-state index in [-0.39, 0.29) is 11.7 Å². The zero-order valence-electron chi connectivity index (χ0n) is 14.3. The van der Waals surface area contributed by atoms with Crippen LogP contribution in [-0.4, -0.2) is 28.7 Å². The van der Waals surface area contributed by atoms with Crippen molar-refractivity contribution in [2.24, 2.45) is 0 Å². The van der Waals surface area contributed by atoms with Gasteiger partial charge in [-0.25, -0.2) is 4.79 Å². The number of hydrogen-bond donors (Lipinski definition) is 2. The summed E-state index contributed by atoms with van der Waals surface area (Å²) in [5.41, 5.74) is 2.24. The molecule has 0 bridgehead atoms. The number of carbonyl (C=O) groups excluding carboxylic acids is 2. The molecule has 0 unspecified atom stereocenters. The highest BCUT2D eigenvalue weighted by molar-refractivity contribution is 7.80. The Balaban J connectivity index is 1.71. The maximum Gasteiger partial charge on any atom is 0.373 e. The van der Waals surface area contributed by atoms with Gasteiger partial charge >= 0.3 is 5.97 Å². The third-order valence-electron chi connectivity index (χ3n) is 4.21. The van der Waals surface area contributed by atoms with E-state index in [1.165, 1.54) is 7.11 Å². The van der Waals surface area contributed by atoms with E-state index in [0.717, 1.165) is 16.5 Å². The second kappa shape index (κ2) is 6.73. The molecule has 136 valence electrons. The van der Waals surface area contributed by atoms with Gasteiger partial charge in [0.25, 0.3) is 5.91 Å². The number of para-hydroxylation sites is 1.